The molecule has 2 saturated carbocycles. The minimum atomic E-state index is -1.29. The molecule has 11 nitrogen and oxygen atoms in total. The van der Waals surface area contributed by atoms with Crippen LogP contribution in [0.1, 0.15) is 120 Å². The highest BCUT2D eigenvalue weighted by Crippen LogP contribution is 2.47. The van der Waals surface area contributed by atoms with Gasteiger partial charge in [-0.2, -0.15) is 12.6 Å². The van der Waals surface area contributed by atoms with Crippen molar-refractivity contribution in [3.8, 4) is 0 Å². The summed E-state index contributed by atoms with van der Waals surface area (Å²) in [5.41, 5.74) is 9.13. The summed E-state index contributed by atoms with van der Waals surface area (Å²) in [5, 5.41) is 26.0. The van der Waals surface area contributed by atoms with Gasteiger partial charge in [-0.3, -0.25) is 14.4 Å². The lowest BCUT2D eigenvalue weighted by atomic mass is 9.72. The fourth-order valence-corrected chi connectivity index (χ4v) is 9.09. The summed E-state index contributed by atoms with van der Waals surface area (Å²) in [6.07, 6.45) is 12.1. The van der Waals surface area contributed by atoms with Gasteiger partial charge in [0.15, 0.2) is 0 Å². The maximum atomic E-state index is 13.8. The van der Waals surface area contributed by atoms with Gasteiger partial charge >= 0.3 is 12.1 Å². The normalized spacial score (nSPS) is 24.9. The SMILES string of the molecule is CCCCC[C@@H](CC[C@@H]1[C@H]2Cc3cccc(COC(=O)O)c3C[C@H]2C[C@H]1O)OC(=O)[C@@H]1CCCC[C@@H]1C(=O)NC(CN)C(=O)NCCCCCCS. The largest absolute Gasteiger partial charge is 0.506 e. The fraction of sp³-hybridized carbons (Fsp3) is 0.750. The van der Waals surface area contributed by atoms with Gasteiger partial charge in [-0.25, -0.2) is 4.79 Å². The number of carboxylic acid groups (broad SMARTS) is 1. The van der Waals surface area contributed by atoms with Crippen molar-refractivity contribution in [1.82, 2.24) is 10.6 Å². The van der Waals surface area contributed by atoms with E-state index < -0.39 is 30.1 Å². The van der Waals surface area contributed by atoms with Crippen LogP contribution in [-0.4, -0.2) is 71.2 Å². The second kappa shape index (κ2) is 21.8. The lowest BCUT2D eigenvalue weighted by molar-refractivity contribution is -0.161. The Morgan fingerprint density at radius 3 is 2.50 bits per heavy atom. The molecule has 1 unspecified atom stereocenters. The average Bonchev–Trinajstić information content (AvgIpc) is 3.45. The van der Waals surface area contributed by atoms with Gasteiger partial charge in [0.2, 0.25) is 11.8 Å². The first-order valence-corrected chi connectivity index (χ1v) is 20.5. The molecular weight excluding hydrogens is 683 g/mol. The Morgan fingerprint density at radius 2 is 1.77 bits per heavy atom. The lowest BCUT2D eigenvalue weighted by Gasteiger charge is -2.33. The van der Waals surface area contributed by atoms with Crippen molar-refractivity contribution in [3.63, 3.8) is 0 Å². The van der Waals surface area contributed by atoms with Crippen LogP contribution in [-0.2, 0) is 43.3 Å². The molecule has 0 bridgehead atoms. The number of carbonyl (C=O) groups is 4. The van der Waals surface area contributed by atoms with E-state index in [1.165, 1.54) is 5.56 Å². The summed E-state index contributed by atoms with van der Waals surface area (Å²) in [4.78, 5) is 51.3. The van der Waals surface area contributed by atoms with Crippen LogP contribution >= 0.6 is 12.6 Å². The second-order valence-electron chi connectivity index (χ2n) is 15.3. The Hall–Kier alpha value is -2.83. The van der Waals surface area contributed by atoms with Gasteiger partial charge in [0, 0.05) is 13.1 Å². The smallest absolute Gasteiger partial charge is 0.462 e. The molecule has 0 saturated heterocycles. The predicted octanol–water partition coefficient (Wildman–Crippen LogP) is 5.72. The summed E-state index contributed by atoms with van der Waals surface area (Å²) in [6, 6.07) is 5.10. The molecule has 1 aromatic carbocycles. The van der Waals surface area contributed by atoms with E-state index in [9.17, 15) is 24.3 Å². The maximum Gasteiger partial charge on any atom is 0.506 e. The maximum absolute atomic E-state index is 13.8. The molecule has 0 radical (unpaired) electrons. The van der Waals surface area contributed by atoms with Crippen LogP contribution in [0, 0.1) is 29.6 Å². The van der Waals surface area contributed by atoms with Crippen LogP contribution in [0.25, 0.3) is 0 Å². The minimum absolute atomic E-state index is 0.0244. The highest BCUT2D eigenvalue weighted by Gasteiger charge is 2.45. The van der Waals surface area contributed by atoms with Crippen LogP contribution < -0.4 is 16.4 Å². The molecule has 12 heteroatoms. The Labute approximate surface area is 315 Å². The van der Waals surface area contributed by atoms with Crippen molar-refractivity contribution in [1.29, 1.82) is 0 Å². The van der Waals surface area contributed by atoms with Gasteiger partial charge in [-0.15, -0.1) is 0 Å². The number of fused-ring (bicyclic) bond motifs is 2. The number of thiol groups is 1. The van der Waals surface area contributed by atoms with Crippen LogP contribution in [0.5, 0.6) is 0 Å². The van der Waals surface area contributed by atoms with Crippen LogP contribution in [0.4, 0.5) is 4.79 Å². The minimum Gasteiger partial charge on any atom is -0.462 e. The van der Waals surface area contributed by atoms with Gasteiger partial charge in [-0.1, -0.05) is 63.6 Å². The van der Waals surface area contributed by atoms with Gasteiger partial charge in [0.05, 0.1) is 17.9 Å². The molecule has 0 aromatic heterocycles. The molecule has 3 aliphatic rings. The first-order chi connectivity index (χ1) is 25.2. The number of hydrogen-bond acceptors (Lipinski definition) is 9. The Kier molecular flexibility index (Phi) is 17.5. The second-order valence-corrected chi connectivity index (χ2v) is 15.7. The fourth-order valence-electron chi connectivity index (χ4n) is 8.86. The molecule has 3 aliphatic carbocycles. The van der Waals surface area contributed by atoms with E-state index >= 15 is 0 Å². The molecule has 0 spiro atoms. The van der Waals surface area contributed by atoms with Crippen molar-refractivity contribution >= 4 is 36.6 Å². The Morgan fingerprint density at radius 1 is 1.00 bits per heavy atom. The number of nitrogens with two attached hydrogens (primary N) is 1. The summed E-state index contributed by atoms with van der Waals surface area (Å²) >= 11 is 4.23. The number of esters is 1. The topological polar surface area (TPSA) is 177 Å². The van der Waals surface area contributed by atoms with Gasteiger partial charge < -0.3 is 36.1 Å². The number of amides is 2. The van der Waals surface area contributed by atoms with Crippen molar-refractivity contribution in [2.45, 2.75) is 141 Å². The number of carbonyl (C=O) groups excluding carboxylic acids is 3. The average molecular weight is 746 g/mol. The third kappa shape index (κ3) is 12.1. The Bertz CT molecular complexity index is 1310. The van der Waals surface area contributed by atoms with Crippen molar-refractivity contribution in [2.24, 2.45) is 35.3 Å². The molecule has 2 fully saturated rings. The summed E-state index contributed by atoms with van der Waals surface area (Å²) in [7, 11) is 0. The van der Waals surface area contributed by atoms with Crippen LogP contribution in [0.15, 0.2) is 18.2 Å². The number of aliphatic hydroxyl groups excluding tert-OH is 1. The molecule has 0 aliphatic heterocycles. The number of hydrogen-bond donors (Lipinski definition) is 6. The molecule has 4 rings (SSSR count). The zero-order chi connectivity index (χ0) is 37.5. The third-order valence-corrected chi connectivity index (χ3v) is 12.0. The molecule has 292 valence electrons. The number of aliphatic hydroxyl groups is 1. The Balaban J connectivity index is 1.35. The van der Waals surface area contributed by atoms with Crippen molar-refractivity contribution in [2.75, 3.05) is 18.8 Å². The molecule has 52 heavy (non-hydrogen) atoms. The quantitative estimate of drug-likeness (QED) is 0.0522. The van der Waals surface area contributed by atoms with Crippen LogP contribution in [0.3, 0.4) is 0 Å². The number of rotatable bonds is 21. The lowest BCUT2D eigenvalue weighted by Crippen LogP contribution is -2.53. The van der Waals surface area contributed by atoms with E-state index in [1.54, 1.807) is 0 Å². The number of unbranched alkanes of at least 4 members (excludes halogenated alkanes) is 5. The van der Waals surface area contributed by atoms with E-state index in [1.807, 2.05) is 12.1 Å². The molecule has 0 heterocycles. The van der Waals surface area contributed by atoms with E-state index in [0.29, 0.717) is 44.1 Å². The molecule has 8 atom stereocenters. The highest BCUT2D eigenvalue weighted by molar-refractivity contribution is 7.80. The number of benzene rings is 1. The van der Waals surface area contributed by atoms with E-state index in [4.69, 9.17) is 20.3 Å². The zero-order valence-corrected chi connectivity index (χ0v) is 32.0. The van der Waals surface area contributed by atoms with Gasteiger partial charge in [0.1, 0.15) is 18.8 Å². The predicted molar refractivity (Wildman–Crippen MR) is 203 cm³/mol. The molecular formula is C40H63N3O8S. The van der Waals surface area contributed by atoms with Crippen molar-refractivity contribution < 1.29 is 38.9 Å². The van der Waals surface area contributed by atoms with E-state index in [-0.39, 0.29) is 43.0 Å². The highest BCUT2D eigenvalue weighted by atomic mass is 32.1. The van der Waals surface area contributed by atoms with E-state index in [2.05, 4.69) is 36.3 Å². The number of ether oxygens (including phenoxy) is 2. The molecule has 2 amide bonds. The monoisotopic (exact) mass is 745 g/mol. The van der Waals surface area contributed by atoms with Gasteiger partial charge in [0.25, 0.3) is 0 Å². The summed E-state index contributed by atoms with van der Waals surface area (Å²) < 4.78 is 11.2. The summed E-state index contributed by atoms with van der Waals surface area (Å²) in [5.74, 6) is -0.611. The van der Waals surface area contributed by atoms with Crippen LogP contribution in [0.2, 0.25) is 0 Å². The summed E-state index contributed by atoms with van der Waals surface area (Å²) in [6.45, 7) is 2.66. The van der Waals surface area contributed by atoms with Gasteiger partial charge in [-0.05, 0) is 111 Å². The standard InChI is InChI=1S/C40H63N3O8S/c1-2-3-6-14-29(17-18-30-34-21-26-12-11-13-27(25-50-40(48)49)33(26)22-28(34)23-36(30)44)51-39(47)32-16-8-7-15-31(32)37(45)43-35(24-41)38(46)42-19-9-4-5-10-20-52/h11-13,28-32,34-36,44,52H,2-10,14-25,41H2,1H3,(H,42,46)(H,43,45)(H,48,49)/t28-,29-,30+,31-,32+,34-,35?,36+/m0/s1. The first-order valence-electron chi connectivity index (χ1n) is 19.9. The van der Waals surface area contributed by atoms with Crippen molar-refractivity contribution in [3.05, 3.63) is 34.9 Å². The zero-order valence-electron chi connectivity index (χ0n) is 31.1. The third-order valence-electron chi connectivity index (χ3n) is 11.7. The first kappa shape index (κ1) is 41.9. The molecule has 1 aromatic rings. The number of nitrogens with one attached hydrogen (secondary N) is 2. The van der Waals surface area contributed by atoms with E-state index in [0.717, 1.165) is 100 Å². The molecule has 6 N–H and O–H groups in total.